The van der Waals surface area contributed by atoms with Gasteiger partial charge in [-0.05, 0) is 55.8 Å². The molecule has 3 fully saturated rings. The van der Waals surface area contributed by atoms with Gasteiger partial charge in [0.1, 0.15) is 0 Å². The average Bonchev–Trinajstić information content (AvgIpc) is 2.87. The van der Waals surface area contributed by atoms with Crippen molar-refractivity contribution in [1.82, 2.24) is 10.2 Å². The highest BCUT2D eigenvalue weighted by molar-refractivity contribution is 5.82. The Morgan fingerprint density at radius 2 is 1.96 bits per heavy atom. The molecule has 2 saturated heterocycles. The van der Waals surface area contributed by atoms with Crippen molar-refractivity contribution < 1.29 is 14.6 Å². The minimum atomic E-state index is -0.377. The summed E-state index contributed by atoms with van der Waals surface area (Å²) in [6, 6.07) is 0.104. The third-order valence-corrected chi connectivity index (χ3v) is 6.25. The molecule has 0 radical (unpaired) electrons. The van der Waals surface area contributed by atoms with Crippen molar-refractivity contribution in [2.24, 2.45) is 17.3 Å². The Morgan fingerprint density at radius 1 is 1.24 bits per heavy atom. The molecule has 0 aromatic carbocycles. The molecule has 144 valence electrons. The molecule has 0 bridgehead atoms. The summed E-state index contributed by atoms with van der Waals surface area (Å²) in [5.74, 6) is 1.36. The largest absolute Gasteiger partial charge is 0.392 e. The first kappa shape index (κ1) is 19.1. The van der Waals surface area contributed by atoms with E-state index in [1.165, 1.54) is 6.42 Å². The minimum Gasteiger partial charge on any atom is -0.392 e. The number of hydrogen-bond acceptors (Lipinski definition) is 4. The van der Waals surface area contributed by atoms with E-state index in [1.807, 2.05) is 0 Å². The number of ether oxygens (including phenoxy) is 1. The lowest BCUT2D eigenvalue weighted by Gasteiger charge is -2.40. The van der Waals surface area contributed by atoms with Crippen molar-refractivity contribution in [3.8, 4) is 0 Å². The lowest BCUT2D eigenvalue weighted by molar-refractivity contribution is -0.127. The summed E-state index contributed by atoms with van der Waals surface area (Å²) >= 11 is 0. The second-order valence-corrected chi connectivity index (χ2v) is 9.53. The summed E-state index contributed by atoms with van der Waals surface area (Å²) in [6.45, 7) is 10.1. The second kappa shape index (κ2) is 7.93. The number of nitrogens with one attached hydrogen (secondary N) is 1. The summed E-state index contributed by atoms with van der Waals surface area (Å²) in [6.07, 6.45) is 5.68. The molecule has 1 aliphatic carbocycles. The first-order chi connectivity index (χ1) is 11.8. The van der Waals surface area contributed by atoms with Gasteiger partial charge in [-0.25, -0.2) is 0 Å². The molecule has 2 aliphatic heterocycles. The Morgan fingerprint density at radius 3 is 2.64 bits per heavy atom. The third-order valence-electron chi connectivity index (χ3n) is 6.25. The Balaban J connectivity index is 1.57. The molecule has 2 heterocycles. The van der Waals surface area contributed by atoms with Gasteiger partial charge in [0.25, 0.3) is 0 Å². The second-order valence-electron chi connectivity index (χ2n) is 9.53. The zero-order valence-corrected chi connectivity index (χ0v) is 16.2. The molecule has 5 nitrogen and oxygen atoms in total. The predicted molar refractivity (Wildman–Crippen MR) is 98.3 cm³/mol. The standard InChI is InChI=1S/C20H36N2O3/c1-14-8-16(11-20(2,3)10-14)21-19(24)18-9-17(23)13-22(18)12-15-4-6-25-7-5-15/h14-18,23H,4-13H2,1-3H3,(H,21,24)/t14?,16?,17-,18+/m1/s1. The van der Waals surface area contributed by atoms with E-state index in [4.69, 9.17) is 4.74 Å². The fourth-order valence-electron chi connectivity index (χ4n) is 5.37. The van der Waals surface area contributed by atoms with Crippen LogP contribution in [0.5, 0.6) is 0 Å². The number of likely N-dealkylation sites (tertiary alicyclic amines) is 1. The van der Waals surface area contributed by atoms with Crippen LogP contribution in [0.15, 0.2) is 0 Å². The molecular formula is C20H36N2O3. The molecule has 1 amide bonds. The molecular weight excluding hydrogens is 316 g/mol. The van der Waals surface area contributed by atoms with Crippen molar-refractivity contribution in [3.63, 3.8) is 0 Å². The lowest BCUT2D eigenvalue weighted by Crippen LogP contribution is -2.50. The number of aliphatic hydroxyl groups excluding tert-OH is 1. The molecule has 2 unspecified atom stereocenters. The molecule has 25 heavy (non-hydrogen) atoms. The Kier molecular flexibility index (Phi) is 6.07. The van der Waals surface area contributed by atoms with Crippen LogP contribution >= 0.6 is 0 Å². The SMILES string of the molecule is CC1CC(NC(=O)[C@@H]2C[C@@H](O)CN2CC2CCOCC2)CC(C)(C)C1. The summed E-state index contributed by atoms with van der Waals surface area (Å²) < 4.78 is 5.44. The van der Waals surface area contributed by atoms with Crippen molar-refractivity contribution >= 4 is 5.91 Å². The van der Waals surface area contributed by atoms with Gasteiger partial charge in [-0.1, -0.05) is 20.8 Å². The molecule has 5 heteroatoms. The monoisotopic (exact) mass is 352 g/mol. The molecule has 3 aliphatic rings. The fraction of sp³-hybridized carbons (Fsp3) is 0.950. The van der Waals surface area contributed by atoms with Crippen molar-refractivity contribution in [2.45, 2.75) is 77.5 Å². The molecule has 3 rings (SSSR count). The maximum absolute atomic E-state index is 12.9. The highest BCUT2D eigenvalue weighted by Gasteiger charge is 2.39. The number of carbonyl (C=O) groups is 1. The molecule has 2 N–H and O–H groups in total. The molecule has 0 aromatic heterocycles. The Labute approximate surface area is 152 Å². The van der Waals surface area contributed by atoms with E-state index in [1.54, 1.807) is 0 Å². The number of amides is 1. The van der Waals surface area contributed by atoms with Crippen molar-refractivity contribution in [3.05, 3.63) is 0 Å². The van der Waals surface area contributed by atoms with Crippen molar-refractivity contribution in [1.29, 1.82) is 0 Å². The fourth-order valence-corrected chi connectivity index (χ4v) is 5.37. The maximum atomic E-state index is 12.9. The van der Waals surface area contributed by atoms with E-state index in [0.717, 1.165) is 45.4 Å². The zero-order chi connectivity index (χ0) is 18.0. The van der Waals surface area contributed by atoms with Crippen LogP contribution in [0.2, 0.25) is 0 Å². The van der Waals surface area contributed by atoms with Gasteiger partial charge >= 0.3 is 0 Å². The van der Waals surface area contributed by atoms with Crippen LogP contribution in [0.1, 0.15) is 59.3 Å². The number of aliphatic hydroxyl groups is 1. The number of hydrogen-bond donors (Lipinski definition) is 2. The van der Waals surface area contributed by atoms with Gasteiger partial charge in [0, 0.05) is 32.3 Å². The van der Waals surface area contributed by atoms with E-state index >= 15 is 0 Å². The van der Waals surface area contributed by atoms with Crippen LogP contribution in [-0.2, 0) is 9.53 Å². The van der Waals surface area contributed by atoms with Gasteiger partial charge < -0.3 is 15.2 Å². The maximum Gasteiger partial charge on any atom is 0.237 e. The first-order valence-electron chi connectivity index (χ1n) is 10.1. The van der Waals surface area contributed by atoms with Crippen LogP contribution in [0.3, 0.4) is 0 Å². The van der Waals surface area contributed by atoms with Gasteiger partial charge in [0.05, 0.1) is 12.1 Å². The molecule has 0 aromatic rings. The Bertz CT molecular complexity index is 462. The molecule has 1 saturated carbocycles. The van der Waals surface area contributed by atoms with Gasteiger partial charge in [-0.2, -0.15) is 0 Å². The number of nitrogens with zero attached hydrogens (tertiary/aromatic N) is 1. The summed E-state index contributed by atoms with van der Waals surface area (Å²) in [4.78, 5) is 15.2. The van der Waals surface area contributed by atoms with Crippen molar-refractivity contribution in [2.75, 3.05) is 26.3 Å². The van der Waals surface area contributed by atoms with Gasteiger partial charge in [0.15, 0.2) is 0 Å². The molecule has 4 atom stereocenters. The number of β-amino-alcohol motifs (C(OH)–C–C–N with tert-alkyl or cyclic N) is 1. The summed E-state index contributed by atoms with van der Waals surface area (Å²) in [5.41, 5.74) is 0.298. The van der Waals surface area contributed by atoms with Crippen LogP contribution in [0.4, 0.5) is 0 Å². The van der Waals surface area contributed by atoms with E-state index in [0.29, 0.717) is 30.2 Å². The van der Waals surface area contributed by atoms with Crippen LogP contribution < -0.4 is 5.32 Å². The third kappa shape index (κ3) is 5.18. The number of rotatable bonds is 4. The summed E-state index contributed by atoms with van der Waals surface area (Å²) in [5, 5.41) is 13.5. The topological polar surface area (TPSA) is 61.8 Å². The quantitative estimate of drug-likeness (QED) is 0.814. The van der Waals surface area contributed by atoms with Crippen LogP contribution in [0.25, 0.3) is 0 Å². The predicted octanol–water partition coefficient (Wildman–Crippen LogP) is 2.18. The molecule has 0 spiro atoms. The minimum absolute atomic E-state index is 0.124. The highest BCUT2D eigenvalue weighted by atomic mass is 16.5. The van der Waals surface area contributed by atoms with Crippen LogP contribution in [-0.4, -0.2) is 60.4 Å². The first-order valence-corrected chi connectivity index (χ1v) is 10.1. The Hall–Kier alpha value is -0.650. The van der Waals surface area contributed by atoms with Gasteiger partial charge in [0.2, 0.25) is 5.91 Å². The van der Waals surface area contributed by atoms with Gasteiger partial charge in [-0.15, -0.1) is 0 Å². The number of carbonyl (C=O) groups excluding carboxylic acids is 1. The zero-order valence-electron chi connectivity index (χ0n) is 16.2. The average molecular weight is 353 g/mol. The van der Waals surface area contributed by atoms with Crippen LogP contribution in [0, 0.1) is 17.3 Å². The van der Waals surface area contributed by atoms with E-state index in [9.17, 15) is 9.90 Å². The van der Waals surface area contributed by atoms with E-state index in [2.05, 4.69) is 31.0 Å². The highest BCUT2D eigenvalue weighted by Crippen LogP contribution is 2.38. The van der Waals surface area contributed by atoms with Gasteiger partial charge in [-0.3, -0.25) is 9.69 Å². The van der Waals surface area contributed by atoms with E-state index < -0.39 is 0 Å². The normalized spacial score (nSPS) is 37.1. The lowest BCUT2D eigenvalue weighted by atomic mass is 9.70. The van der Waals surface area contributed by atoms with E-state index in [-0.39, 0.29) is 24.1 Å². The smallest absolute Gasteiger partial charge is 0.237 e. The summed E-state index contributed by atoms with van der Waals surface area (Å²) in [7, 11) is 0.